The quantitative estimate of drug-likeness (QED) is 0.434. The van der Waals surface area contributed by atoms with E-state index in [1.54, 1.807) is 0 Å². The lowest BCUT2D eigenvalue weighted by molar-refractivity contribution is 0.0620. The van der Waals surface area contributed by atoms with Gasteiger partial charge in [-0.15, -0.1) is 0 Å². The Labute approximate surface area is 46.6 Å². The molecule has 0 aromatic carbocycles. The van der Waals surface area contributed by atoms with Crippen molar-refractivity contribution < 1.29 is 14.3 Å². The van der Waals surface area contributed by atoms with E-state index >= 15 is 0 Å². The van der Waals surface area contributed by atoms with Crippen molar-refractivity contribution >= 4 is 6.16 Å². The van der Waals surface area contributed by atoms with Crippen LogP contribution < -0.4 is 0 Å². The Morgan fingerprint density at radius 3 is 2.00 bits per heavy atom. The van der Waals surface area contributed by atoms with Crippen LogP contribution in [0.5, 0.6) is 0 Å². The second-order valence-corrected chi connectivity index (χ2v) is 2.14. The molecule has 0 aromatic rings. The first-order valence-electron chi connectivity index (χ1n) is 2.73. The summed E-state index contributed by atoms with van der Waals surface area (Å²) in [7, 11) is 0. The maximum atomic E-state index is 10.3. The number of carbonyl (C=O) groups is 1. The molecule has 8 heavy (non-hydrogen) atoms. The number of ether oxygens (including phenoxy) is 2. The minimum atomic E-state index is -0.488. The van der Waals surface area contributed by atoms with Crippen molar-refractivity contribution in [1.82, 2.24) is 0 Å². The Hall–Kier alpha value is -0.730. The normalized spacial score (nSPS) is 41.8. The monoisotopic (exact) mass is 114 g/mol. The molecule has 0 radical (unpaired) electrons. The summed E-state index contributed by atoms with van der Waals surface area (Å²) < 4.78 is 9.40. The molecule has 3 heteroatoms. The first-order chi connectivity index (χ1) is 3.86. The van der Waals surface area contributed by atoms with E-state index in [0.717, 1.165) is 12.8 Å². The topological polar surface area (TPSA) is 35.5 Å². The van der Waals surface area contributed by atoms with Crippen LogP contribution in [0.1, 0.15) is 12.8 Å². The Bertz CT molecular complexity index is 118. The molecule has 1 saturated heterocycles. The van der Waals surface area contributed by atoms with Gasteiger partial charge in [-0.2, -0.15) is 0 Å². The van der Waals surface area contributed by atoms with Crippen LogP contribution >= 0.6 is 0 Å². The average molecular weight is 114 g/mol. The van der Waals surface area contributed by atoms with Crippen molar-refractivity contribution in [2.45, 2.75) is 25.0 Å². The molecule has 2 rings (SSSR count). The van der Waals surface area contributed by atoms with Crippen LogP contribution in [-0.2, 0) is 9.47 Å². The third-order valence-corrected chi connectivity index (χ3v) is 1.65. The Balaban J connectivity index is 2.10. The highest BCUT2D eigenvalue weighted by molar-refractivity contribution is 5.63. The molecule has 1 aliphatic heterocycles. The maximum absolute atomic E-state index is 10.3. The molecule has 0 amide bonds. The largest absolute Gasteiger partial charge is 0.509 e. The van der Waals surface area contributed by atoms with Crippen LogP contribution in [0.2, 0.25) is 0 Å². The van der Waals surface area contributed by atoms with Crippen molar-refractivity contribution in [1.29, 1.82) is 0 Å². The van der Waals surface area contributed by atoms with Gasteiger partial charge in [-0.3, -0.25) is 0 Å². The highest BCUT2D eigenvalue weighted by atomic mass is 16.8. The van der Waals surface area contributed by atoms with Crippen LogP contribution in [0.4, 0.5) is 4.79 Å². The molecule has 2 aliphatic rings. The van der Waals surface area contributed by atoms with Crippen LogP contribution in [0, 0.1) is 0 Å². The van der Waals surface area contributed by atoms with Gasteiger partial charge in [0.1, 0.15) is 12.2 Å². The van der Waals surface area contributed by atoms with Crippen LogP contribution in [-0.4, -0.2) is 18.4 Å². The van der Waals surface area contributed by atoms with Gasteiger partial charge < -0.3 is 9.47 Å². The SMILES string of the molecule is O=C1O[C@H]2CC[C@H]2O1. The van der Waals surface area contributed by atoms with E-state index in [4.69, 9.17) is 9.47 Å². The van der Waals surface area contributed by atoms with E-state index in [9.17, 15) is 4.79 Å². The third kappa shape index (κ3) is 0.363. The van der Waals surface area contributed by atoms with Gasteiger partial charge in [0.25, 0.3) is 0 Å². The van der Waals surface area contributed by atoms with E-state index in [-0.39, 0.29) is 12.2 Å². The Morgan fingerprint density at radius 1 is 1.25 bits per heavy atom. The fraction of sp³-hybridized carbons (Fsp3) is 0.800. The number of hydrogen-bond acceptors (Lipinski definition) is 3. The van der Waals surface area contributed by atoms with Gasteiger partial charge in [-0.25, -0.2) is 4.79 Å². The molecule has 2 atom stereocenters. The predicted molar refractivity (Wildman–Crippen MR) is 24.4 cm³/mol. The molecule has 2 fully saturated rings. The highest BCUT2D eigenvalue weighted by Crippen LogP contribution is 2.32. The summed E-state index contributed by atoms with van der Waals surface area (Å²) in [5, 5.41) is 0. The van der Waals surface area contributed by atoms with E-state index < -0.39 is 6.16 Å². The lowest BCUT2D eigenvalue weighted by Gasteiger charge is -2.23. The van der Waals surface area contributed by atoms with Crippen molar-refractivity contribution in [3.05, 3.63) is 0 Å². The van der Waals surface area contributed by atoms with Crippen LogP contribution in [0.3, 0.4) is 0 Å². The number of fused-ring (bicyclic) bond motifs is 1. The molecule has 0 N–H and O–H groups in total. The summed E-state index contributed by atoms with van der Waals surface area (Å²) >= 11 is 0. The molecule has 1 saturated carbocycles. The van der Waals surface area contributed by atoms with Crippen LogP contribution in [0.25, 0.3) is 0 Å². The Morgan fingerprint density at radius 2 is 1.75 bits per heavy atom. The molecule has 0 aromatic heterocycles. The van der Waals surface area contributed by atoms with Gasteiger partial charge in [0, 0.05) is 0 Å². The van der Waals surface area contributed by atoms with E-state index in [0.29, 0.717) is 0 Å². The zero-order valence-corrected chi connectivity index (χ0v) is 4.29. The van der Waals surface area contributed by atoms with E-state index in [2.05, 4.69) is 0 Å². The minimum absolute atomic E-state index is 0.0995. The Kier molecular flexibility index (Phi) is 0.604. The molecule has 0 bridgehead atoms. The summed E-state index contributed by atoms with van der Waals surface area (Å²) in [6.07, 6.45) is 1.68. The predicted octanol–water partition coefficient (Wildman–Crippen LogP) is 0.684. The molecule has 1 heterocycles. The number of carbonyl (C=O) groups excluding carboxylic acids is 1. The zero-order valence-electron chi connectivity index (χ0n) is 4.29. The first kappa shape index (κ1) is 4.18. The standard InChI is InChI=1S/C5H6O3/c6-5-7-3-1-2-4(3)8-5/h3-4H,1-2H2/t3-,4+. The van der Waals surface area contributed by atoms with Gasteiger partial charge in [0.2, 0.25) is 0 Å². The summed E-state index contributed by atoms with van der Waals surface area (Å²) in [6, 6.07) is 0. The van der Waals surface area contributed by atoms with E-state index in [1.807, 2.05) is 0 Å². The van der Waals surface area contributed by atoms with Crippen molar-refractivity contribution in [3.63, 3.8) is 0 Å². The molecular weight excluding hydrogens is 108 g/mol. The van der Waals surface area contributed by atoms with Gasteiger partial charge >= 0.3 is 6.16 Å². The summed E-state index contributed by atoms with van der Waals surface area (Å²) in [5.41, 5.74) is 0. The molecular formula is C5H6O3. The molecule has 1 aliphatic carbocycles. The lowest BCUT2D eigenvalue weighted by atomic mass is 9.93. The molecule has 3 nitrogen and oxygen atoms in total. The smallest absolute Gasteiger partial charge is 0.427 e. The van der Waals surface area contributed by atoms with E-state index in [1.165, 1.54) is 0 Å². The van der Waals surface area contributed by atoms with Gasteiger partial charge in [0.15, 0.2) is 0 Å². The second kappa shape index (κ2) is 1.16. The van der Waals surface area contributed by atoms with Gasteiger partial charge in [-0.1, -0.05) is 0 Å². The lowest BCUT2D eigenvalue weighted by Crippen LogP contribution is -2.33. The number of hydrogen-bond donors (Lipinski definition) is 0. The fourth-order valence-electron chi connectivity index (χ4n) is 0.983. The first-order valence-corrected chi connectivity index (χ1v) is 2.73. The fourth-order valence-corrected chi connectivity index (χ4v) is 0.983. The van der Waals surface area contributed by atoms with Crippen molar-refractivity contribution in [2.75, 3.05) is 0 Å². The molecule has 0 spiro atoms. The van der Waals surface area contributed by atoms with Crippen LogP contribution in [0.15, 0.2) is 0 Å². The zero-order chi connectivity index (χ0) is 5.56. The maximum Gasteiger partial charge on any atom is 0.509 e. The van der Waals surface area contributed by atoms with Crippen molar-refractivity contribution in [3.8, 4) is 0 Å². The summed E-state index contributed by atoms with van der Waals surface area (Å²) in [4.78, 5) is 10.3. The minimum Gasteiger partial charge on any atom is -0.427 e. The van der Waals surface area contributed by atoms with Gasteiger partial charge in [-0.05, 0) is 12.8 Å². The molecule has 0 unspecified atom stereocenters. The molecule has 44 valence electrons. The number of rotatable bonds is 0. The average Bonchev–Trinajstić information content (AvgIpc) is 1.91. The summed E-state index contributed by atoms with van der Waals surface area (Å²) in [5.74, 6) is 0. The highest BCUT2D eigenvalue weighted by Gasteiger charge is 2.43. The third-order valence-electron chi connectivity index (χ3n) is 1.65. The summed E-state index contributed by atoms with van der Waals surface area (Å²) in [6.45, 7) is 0. The van der Waals surface area contributed by atoms with Crippen molar-refractivity contribution in [2.24, 2.45) is 0 Å². The van der Waals surface area contributed by atoms with Gasteiger partial charge in [0.05, 0.1) is 0 Å². The second-order valence-electron chi connectivity index (χ2n) is 2.14.